The molecular weight excluding hydrogens is 224 g/mol. The molecule has 0 aliphatic heterocycles. The molecule has 0 saturated carbocycles. The van der Waals surface area contributed by atoms with E-state index in [0.717, 1.165) is 11.5 Å². The van der Waals surface area contributed by atoms with E-state index in [9.17, 15) is 4.79 Å². The van der Waals surface area contributed by atoms with Crippen molar-refractivity contribution in [3.05, 3.63) is 0 Å². The van der Waals surface area contributed by atoms with E-state index >= 15 is 0 Å². The van der Waals surface area contributed by atoms with Crippen LogP contribution in [0, 0.1) is 5.41 Å². The molecule has 0 aromatic rings. The molecule has 0 fully saturated rings. The van der Waals surface area contributed by atoms with Gasteiger partial charge in [0.25, 0.3) is 0 Å². The van der Waals surface area contributed by atoms with Crippen LogP contribution in [0.4, 0.5) is 4.79 Å². The predicted octanol–water partition coefficient (Wildman–Crippen LogP) is 2.89. The average molecular weight is 246 g/mol. The maximum Gasteiger partial charge on any atom is 0.433 e. The summed E-state index contributed by atoms with van der Waals surface area (Å²) in [6.45, 7) is 10.4. The smallest absolute Gasteiger partial charge is 0.323 e. The number of carbonyl (C=O) groups excluding carboxylic acids is 1. The van der Waals surface area contributed by atoms with E-state index in [2.05, 4.69) is 45.1 Å². The number of hydrogen-bond acceptors (Lipinski definition) is 4. The van der Waals surface area contributed by atoms with E-state index in [0.29, 0.717) is 5.25 Å². The number of oxime groups is 1. The second-order valence-electron chi connectivity index (χ2n) is 4.78. The Balaban J connectivity index is 4.49. The first-order chi connectivity index (χ1) is 7.27. The molecule has 1 N–H and O–H groups in total. The van der Waals surface area contributed by atoms with Gasteiger partial charge in [0, 0.05) is 18.2 Å². The molecule has 94 valence electrons. The number of amides is 1. The maximum absolute atomic E-state index is 10.9. The molecule has 0 unspecified atom stereocenters. The minimum absolute atomic E-state index is 0.0874. The van der Waals surface area contributed by atoms with Crippen molar-refractivity contribution in [2.24, 2.45) is 10.6 Å². The number of hydrogen-bond donors (Lipinski definition) is 1. The van der Waals surface area contributed by atoms with Crippen molar-refractivity contribution in [3.63, 3.8) is 0 Å². The minimum Gasteiger partial charge on any atom is -0.323 e. The fraction of sp³-hybridized carbons (Fsp3) is 0.818. The van der Waals surface area contributed by atoms with E-state index in [1.165, 1.54) is 7.05 Å². The third-order valence-corrected chi connectivity index (χ3v) is 2.97. The van der Waals surface area contributed by atoms with E-state index in [1.54, 1.807) is 11.8 Å². The SMILES string of the molecule is CNC(=O)ON=C(CSC(C)C)C(C)(C)C. The summed E-state index contributed by atoms with van der Waals surface area (Å²) in [5.41, 5.74) is 0.797. The summed E-state index contributed by atoms with van der Waals surface area (Å²) >= 11 is 1.78. The molecule has 0 spiro atoms. The summed E-state index contributed by atoms with van der Waals surface area (Å²) in [4.78, 5) is 15.7. The second-order valence-corrected chi connectivity index (χ2v) is 6.34. The maximum atomic E-state index is 10.9. The fourth-order valence-electron chi connectivity index (χ4n) is 0.768. The lowest BCUT2D eigenvalue weighted by Gasteiger charge is -2.20. The van der Waals surface area contributed by atoms with E-state index in [-0.39, 0.29) is 5.41 Å². The molecule has 1 amide bonds. The van der Waals surface area contributed by atoms with Gasteiger partial charge < -0.3 is 5.32 Å². The first kappa shape index (κ1) is 15.3. The monoisotopic (exact) mass is 246 g/mol. The van der Waals surface area contributed by atoms with Crippen molar-refractivity contribution in [2.45, 2.75) is 39.9 Å². The molecule has 4 nitrogen and oxygen atoms in total. The number of carbonyl (C=O) groups is 1. The first-order valence-corrected chi connectivity index (χ1v) is 6.40. The van der Waals surface area contributed by atoms with Crippen molar-refractivity contribution < 1.29 is 9.63 Å². The van der Waals surface area contributed by atoms with Gasteiger partial charge in [-0.25, -0.2) is 4.79 Å². The van der Waals surface area contributed by atoms with Gasteiger partial charge in [-0.3, -0.25) is 4.84 Å². The zero-order valence-electron chi connectivity index (χ0n) is 11.0. The van der Waals surface area contributed by atoms with Crippen molar-refractivity contribution >= 4 is 23.6 Å². The van der Waals surface area contributed by atoms with Gasteiger partial charge in [0.05, 0.1) is 5.71 Å². The minimum atomic E-state index is -0.531. The average Bonchev–Trinajstić information content (AvgIpc) is 2.14. The van der Waals surface area contributed by atoms with Crippen LogP contribution in [0.15, 0.2) is 5.16 Å². The van der Waals surface area contributed by atoms with Crippen LogP contribution in [0.5, 0.6) is 0 Å². The van der Waals surface area contributed by atoms with Crippen molar-refractivity contribution in [2.75, 3.05) is 12.8 Å². The van der Waals surface area contributed by atoms with Crippen LogP contribution in [0.1, 0.15) is 34.6 Å². The van der Waals surface area contributed by atoms with Crippen LogP contribution in [0.3, 0.4) is 0 Å². The van der Waals surface area contributed by atoms with E-state index in [4.69, 9.17) is 4.84 Å². The predicted molar refractivity (Wildman–Crippen MR) is 70.0 cm³/mol. The van der Waals surface area contributed by atoms with Crippen LogP contribution < -0.4 is 5.32 Å². The van der Waals surface area contributed by atoms with Gasteiger partial charge in [0.2, 0.25) is 0 Å². The largest absolute Gasteiger partial charge is 0.433 e. The Hall–Kier alpha value is -0.710. The molecule has 0 radical (unpaired) electrons. The molecule has 0 aliphatic carbocycles. The second kappa shape index (κ2) is 6.78. The zero-order chi connectivity index (χ0) is 12.8. The van der Waals surface area contributed by atoms with Gasteiger partial charge in [-0.2, -0.15) is 11.8 Å². The van der Waals surface area contributed by atoms with Gasteiger partial charge in [0.1, 0.15) is 0 Å². The van der Waals surface area contributed by atoms with Crippen LogP contribution in [0.2, 0.25) is 0 Å². The molecule has 0 heterocycles. The molecule has 0 aliphatic rings. The Morgan fingerprint density at radius 2 is 2.00 bits per heavy atom. The summed E-state index contributed by atoms with van der Waals surface area (Å²) in [5.74, 6) is 0.776. The quantitative estimate of drug-likeness (QED) is 0.471. The lowest BCUT2D eigenvalue weighted by molar-refractivity contribution is 0.152. The molecular formula is C11H22N2O2S. The highest BCUT2D eigenvalue weighted by molar-refractivity contribution is 8.00. The highest BCUT2D eigenvalue weighted by Crippen LogP contribution is 2.21. The van der Waals surface area contributed by atoms with Gasteiger partial charge in [-0.05, 0) is 5.25 Å². The standard InChI is InChI=1S/C11H22N2O2S/c1-8(2)16-7-9(11(3,4)5)13-15-10(14)12-6/h8H,7H2,1-6H3,(H,12,14). The summed E-state index contributed by atoms with van der Waals surface area (Å²) in [7, 11) is 1.51. The topological polar surface area (TPSA) is 50.7 Å². The lowest BCUT2D eigenvalue weighted by Crippen LogP contribution is -2.25. The van der Waals surface area contributed by atoms with Crippen molar-refractivity contribution in [3.8, 4) is 0 Å². The Morgan fingerprint density at radius 3 is 2.38 bits per heavy atom. The molecule has 5 heteroatoms. The summed E-state index contributed by atoms with van der Waals surface area (Å²) in [6, 6.07) is 0. The van der Waals surface area contributed by atoms with Crippen LogP contribution in [0.25, 0.3) is 0 Å². The molecule has 0 rings (SSSR count). The molecule has 0 bridgehead atoms. The van der Waals surface area contributed by atoms with Crippen LogP contribution >= 0.6 is 11.8 Å². The molecule has 0 aromatic heterocycles. The molecule has 16 heavy (non-hydrogen) atoms. The van der Waals surface area contributed by atoms with Crippen molar-refractivity contribution in [1.29, 1.82) is 0 Å². The highest BCUT2D eigenvalue weighted by Gasteiger charge is 2.20. The Kier molecular flexibility index (Phi) is 6.48. The molecule has 0 saturated heterocycles. The third-order valence-electron chi connectivity index (χ3n) is 1.86. The van der Waals surface area contributed by atoms with E-state index < -0.39 is 6.09 Å². The summed E-state index contributed by atoms with van der Waals surface area (Å²) < 4.78 is 0. The third kappa shape index (κ3) is 6.71. The van der Waals surface area contributed by atoms with Crippen LogP contribution in [-0.4, -0.2) is 29.9 Å². The molecule has 0 atom stereocenters. The van der Waals surface area contributed by atoms with Gasteiger partial charge >= 0.3 is 6.09 Å². The zero-order valence-corrected chi connectivity index (χ0v) is 11.8. The summed E-state index contributed by atoms with van der Waals surface area (Å²) in [6.07, 6.45) is -0.531. The van der Waals surface area contributed by atoms with Gasteiger partial charge in [0.15, 0.2) is 0 Å². The van der Waals surface area contributed by atoms with Gasteiger partial charge in [-0.1, -0.05) is 39.8 Å². The summed E-state index contributed by atoms with van der Waals surface area (Å²) in [5, 5.41) is 6.82. The Morgan fingerprint density at radius 1 is 1.44 bits per heavy atom. The number of nitrogens with one attached hydrogen (secondary N) is 1. The molecule has 0 aromatic carbocycles. The first-order valence-electron chi connectivity index (χ1n) is 5.35. The number of nitrogens with zero attached hydrogens (tertiary/aromatic N) is 1. The Labute approximate surface area is 102 Å². The van der Waals surface area contributed by atoms with Gasteiger partial charge in [-0.15, -0.1) is 0 Å². The normalized spacial score (nSPS) is 12.8. The fourth-order valence-corrected chi connectivity index (χ4v) is 1.74. The number of rotatable bonds is 4. The lowest BCUT2D eigenvalue weighted by atomic mass is 9.91. The van der Waals surface area contributed by atoms with Crippen molar-refractivity contribution in [1.82, 2.24) is 5.32 Å². The van der Waals surface area contributed by atoms with Crippen LogP contribution in [-0.2, 0) is 4.84 Å². The highest BCUT2D eigenvalue weighted by atomic mass is 32.2. The number of thioether (sulfide) groups is 1. The Bertz CT molecular complexity index is 257. The van der Waals surface area contributed by atoms with E-state index in [1.807, 2.05) is 0 Å².